The lowest BCUT2D eigenvalue weighted by atomic mass is 9.95. The Kier molecular flexibility index (Phi) is 9.78. The van der Waals surface area contributed by atoms with Gasteiger partial charge in [-0.05, 0) is 65.5 Å². The highest BCUT2D eigenvalue weighted by Gasteiger charge is 2.31. The Morgan fingerprint density at radius 3 is 2.44 bits per heavy atom. The second-order valence-corrected chi connectivity index (χ2v) is 11.9. The van der Waals surface area contributed by atoms with E-state index in [9.17, 15) is 18.0 Å². The Hall–Kier alpha value is -2.59. The molecular formula is C26H34BrN3O5S. The van der Waals surface area contributed by atoms with Gasteiger partial charge in [-0.2, -0.15) is 0 Å². The van der Waals surface area contributed by atoms with Crippen molar-refractivity contribution in [3.63, 3.8) is 0 Å². The highest BCUT2D eigenvalue weighted by molar-refractivity contribution is 9.10. The lowest BCUT2D eigenvalue weighted by Crippen LogP contribution is -2.53. The van der Waals surface area contributed by atoms with Crippen LogP contribution in [0.4, 0.5) is 5.69 Å². The fourth-order valence-corrected chi connectivity index (χ4v) is 5.85. The van der Waals surface area contributed by atoms with Gasteiger partial charge in [-0.1, -0.05) is 43.5 Å². The van der Waals surface area contributed by atoms with E-state index in [4.69, 9.17) is 4.74 Å². The first kappa shape index (κ1) is 28.0. The second-order valence-electron chi connectivity index (χ2n) is 9.11. The first-order valence-electron chi connectivity index (χ1n) is 12.0. The van der Waals surface area contributed by atoms with Gasteiger partial charge in [0.15, 0.2) is 0 Å². The average molecular weight is 581 g/mol. The summed E-state index contributed by atoms with van der Waals surface area (Å²) in [6.45, 7) is 1.37. The third-order valence-corrected chi connectivity index (χ3v) is 8.20. The molecule has 0 aromatic heterocycles. The largest absolute Gasteiger partial charge is 0.497 e. The van der Waals surface area contributed by atoms with Crippen LogP contribution < -0.4 is 14.4 Å². The summed E-state index contributed by atoms with van der Waals surface area (Å²) in [5.74, 6) is -0.0968. The molecule has 1 aliphatic rings. The van der Waals surface area contributed by atoms with Gasteiger partial charge in [-0.3, -0.25) is 13.9 Å². The number of benzene rings is 2. The number of ether oxygens (including phenoxy) is 1. The SMILES string of the molecule is COc1cccc(CN(C(=O)CN(c2ccccc2Br)S(C)(=O)=O)[C@@H](C)C(=O)NC2CCCCC2)c1. The summed E-state index contributed by atoms with van der Waals surface area (Å²) >= 11 is 3.38. The van der Waals surface area contributed by atoms with Crippen LogP contribution in [0.5, 0.6) is 5.75 Å². The quantitative estimate of drug-likeness (QED) is 0.457. The summed E-state index contributed by atoms with van der Waals surface area (Å²) in [4.78, 5) is 28.3. The molecule has 0 saturated heterocycles. The van der Waals surface area contributed by atoms with Crippen molar-refractivity contribution in [2.45, 2.75) is 57.7 Å². The predicted molar refractivity (Wildman–Crippen MR) is 144 cm³/mol. The van der Waals surface area contributed by atoms with E-state index < -0.39 is 28.5 Å². The third-order valence-electron chi connectivity index (χ3n) is 6.41. The molecule has 0 spiro atoms. The minimum atomic E-state index is -3.79. The third kappa shape index (κ3) is 7.46. The Balaban J connectivity index is 1.89. The van der Waals surface area contributed by atoms with Crippen LogP contribution in [-0.4, -0.2) is 57.1 Å². The normalized spacial score (nSPS) is 15.1. The van der Waals surface area contributed by atoms with Gasteiger partial charge >= 0.3 is 0 Å². The van der Waals surface area contributed by atoms with Crippen LogP contribution in [0.3, 0.4) is 0 Å². The lowest BCUT2D eigenvalue weighted by molar-refractivity contribution is -0.139. The summed E-state index contributed by atoms with van der Waals surface area (Å²) in [6, 6.07) is 13.4. The van der Waals surface area contributed by atoms with E-state index >= 15 is 0 Å². The molecule has 36 heavy (non-hydrogen) atoms. The number of halogens is 1. The molecule has 0 bridgehead atoms. The zero-order chi connectivity index (χ0) is 26.3. The van der Waals surface area contributed by atoms with Crippen LogP contribution in [0, 0.1) is 0 Å². The number of sulfonamides is 1. The number of hydrogen-bond acceptors (Lipinski definition) is 5. The molecular weight excluding hydrogens is 546 g/mol. The Morgan fingerprint density at radius 2 is 1.81 bits per heavy atom. The summed E-state index contributed by atoms with van der Waals surface area (Å²) in [5.41, 5.74) is 1.13. The van der Waals surface area contributed by atoms with E-state index in [2.05, 4.69) is 21.2 Å². The molecule has 2 aromatic carbocycles. The number of hydrogen-bond donors (Lipinski definition) is 1. The minimum absolute atomic E-state index is 0.0928. The summed E-state index contributed by atoms with van der Waals surface area (Å²) in [7, 11) is -2.23. The van der Waals surface area contributed by atoms with Crippen molar-refractivity contribution >= 4 is 43.5 Å². The molecule has 1 N–H and O–H groups in total. The van der Waals surface area contributed by atoms with E-state index in [0.717, 1.165) is 41.8 Å². The van der Waals surface area contributed by atoms with Crippen molar-refractivity contribution in [2.24, 2.45) is 0 Å². The number of carbonyl (C=O) groups excluding carboxylic acids is 2. The topological polar surface area (TPSA) is 96.0 Å². The highest BCUT2D eigenvalue weighted by Crippen LogP contribution is 2.28. The fraction of sp³-hybridized carbons (Fsp3) is 0.462. The van der Waals surface area contributed by atoms with Crippen molar-refractivity contribution in [1.82, 2.24) is 10.2 Å². The molecule has 0 unspecified atom stereocenters. The summed E-state index contributed by atoms with van der Waals surface area (Å²) < 4.78 is 32.3. The smallest absolute Gasteiger partial charge is 0.244 e. The van der Waals surface area contributed by atoms with E-state index in [1.165, 1.54) is 11.3 Å². The maximum absolute atomic E-state index is 13.7. The van der Waals surface area contributed by atoms with Crippen molar-refractivity contribution in [1.29, 1.82) is 0 Å². The first-order valence-corrected chi connectivity index (χ1v) is 14.7. The predicted octanol–water partition coefficient (Wildman–Crippen LogP) is 4.09. The van der Waals surface area contributed by atoms with Gasteiger partial charge in [0.2, 0.25) is 21.8 Å². The summed E-state index contributed by atoms with van der Waals surface area (Å²) in [5, 5.41) is 3.09. The van der Waals surface area contributed by atoms with Gasteiger partial charge < -0.3 is 15.0 Å². The lowest BCUT2D eigenvalue weighted by Gasteiger charge is -2.33. The maximum Gasteiger partial charge on any atom is 0.244 e. The molecule has 1 atom stereocenters. The van der Waals surface area contributed by atoms with E-state index in [1.807, 2.05) is 12.1 Å². The molecule has 1 fully saturated rings. The first-order chi connectivity index (χ1) is 17.1. The highest BCUT2D eigenvalue weighted by atomic mass is 79.9. The van der Waals surface area contributed by atoms with Crippen LogP contribution in [0.1, 0.15) is 44.6 Å². The van der Waals surface area contributed by atoms with Crippen LogP contribution >= 0.6 is 15.9 Å². The van der Waals surface area contributed by atoms with Crippen molar-refractivity contribution in [3.8, 4) is 5.75 Å². The Morgan fingerprint density at radius 1 is 1.11 bits per heavy atom. The second kappa shape index (κ2) is 12.6. The number of nitrogens with one attached hydrogen (secondary N) is 1. The van der Waals surface area contributed by atoms with Gasteiger partial charge in [0.05, 0.1) is 19.1 Å². The van der Waals surface area contributed by atoms with Crippen molar-refractivity contribution in [3.05, 3.63) is 58.6 Å². The fourth-order valence-electron chi connectivity index (χ4n) is 4.37. The molecule has 2 amide bonds. The number of anilines is 1. The summed E-state index contributed by atoms with van der Waals surface area (Å²) in [6.07, 6.45) is 6.21. The van der Waals surface area contributed by atoms with Gasteiger partial charge in [-0.15, -0.1) is 0 Å². The van der Waals surface area contributed by atoms with Gasteiger partial charge in [0.25, 0.3) is 0 Å². The molecule has 8 nitrogen and oxygen atoms in total. The maximum atomic E-state index is 13.7. The number of nitrogens with zero attached hydrogens (tertiary/aromatic N) is 2. The van der Waals surface area contributed by atoms with Gasteiger partial charge in [0, 0.05) is 17.1 Å². The van der Waals surface area contributed by atoms with E-state index in [1.54, 1.807) is 50.4 Å². The molecule has 1 aliphatic carbocycles. The van der Waals surface area contributed by atoms with E-state index in [-0.39, 0.29) is 18.5 Å². The Labute approximate surface area is 222 Å². The number of para-hydroxylation sites is 1. The number of methoxy groups -OCH3 is 1. The zero-order valence-electron chi connectivity index (χ0n) is 20.9. The molecule has 0 radical (unpaired) electrons. The Bertz CT molecular complexity index is 1170. The zero-order valence-corrected chi connectivity index (χ0v) is 23.3. The molecule has 0 heterocycles. The number of carbonyl (C=O) groups is 2. The van der Waals surface area contributed by atoms with E-state index in [0.29, 0.717) is 15.9 Å². The molecule has 3 rings (SSSR count). The molecule has 0 aliphatic heterocycles. The van der Waals surface area contributed by atoms with Gasteiger partial charge in [0.1, 0.15) is 18.3 Å². The van der Waals surface area contributed by atoms with Crippen LogP contribution in [0.2, 0.25) is 0 Å². The van der Waals surface area contributed by atoms with Crippen LogP contribution in [-0.2, 0) is 26.2 Å². The molecule has 2 aromatic rings. The molecule has 196 valence electrons. The van der Waals surface area contributed by atoms with Crippen molar-refractivity contribution in [2.75, 3.05) is 24.2 Å². The monoisotopic (exact) mass is 579 g/mol. The number of amides is 2. The standard InChI is InChI=1S/C26H34BrN3O5S/c1-19(26(32)28-21-11-5-4-6-12-21)29(17-20-10-9-13-22(16-20)35-2)25(31)18-30(36(3,33)34)24-15-8-7-14-23(24)27/h7-10,13-16,19,21H,4-6,11-12,17-18H2,1-3H3,(H,28,32)/t19-/m0/s1. The minimum Gasteiger partial charge on any atom is -0.497 e. The number of rotatable bonds is 10. The van der Waals surface area contributed by atoms with Crippen molar-refractivity contribution < 1.29 is 22.7 Å². The molecule has 1 saturated carbocycles. The molecule has 10 heteroatoms. The average Bonchev–Trinajstić information content (AvgIpc) is 2.86. The van der Waals surface area contributed by atoms with Crippen LogP contribution in [0.25, 0.3) is 0 Å². The van der Waals surface area contributed by atoms with Crippen LogP contribution in [0.15, 0.2) is 53.0 Å². The van der Waals surface area contributed by atoms with Gasteiger partial charge in [-0.25, -0.2) is 8.42 Å².